The molecule has 21 heteroatoms. The number of hydrogen-bond donors (Lipinski definition) is 1. The fraction of sp³-hybridized carbons (Fsp3) is 0.600. The summed E-state index contributed by atoms with van der Waals surface area (Å²) in [4.78, 5) is 128. The van der Waals surface area contributed by atoms with E-state index in [1.54, 1.807) is 6.92 Å². The fourth-order valence-corrected chi connectivity index (χ4v) is 10.1. The smallest absolute Gasteiger partial charge is 0.340 e. The number of nitrogens with zero attached hydrogens (tertiary/aromatic N) is 2. The van der Waals surface area contributed by atoms with Gasteiger partial charge in [-0.15, -0.1) is 0 Å². The normalized spacial score (nSPS) is 34.7. The van der Waals surface area contributed by atoms with Gasteiger partial charge in [0.1, 0.15) is 42.0 Å². The van der Waals surface area contributed by atoms with E-state index in [1.807, 2.05) is 0 Å². The van der Waals surface area contributed by atoms with Crippen LogP contribution in [0.1, 0.15) is 102 Å². The largest absolute Gasteiger partial charge is 0.464 e. The third-order valence-corrected chi connectivity index (χ3v) is 13.1. The number of ether oxygens (including phenoxy) is 9. The zero-order valence-corrected chi connectivity index (χ0v) is 38.3. The molecule has 2 aromatic heterocycles. The SMILES string of the molecule is CC(=O)OC1C2C(OC(C)=O)C34OC2(C)COC(=O)c2cccnc2C(C)C(C)C(=O)OC(C(OC(=O)c2ccc(=O)n(C)c2)C(OC(C)=O)C3(COC(=O)C(C)C)C1OC(C)=O)C4(C)O. The van der Waals surface area contributed by atoms with Gasteiger partial charge in [-0.2, -0.15) is 0 Å². The number of aliphatic hydroxyl groups is 1. The molecular weight excluding hydrogens is 872 g/mol. The van der Waals surface area contributed by atoms with Crippen LogP contribution in [-0.2, 0) is 78.4 Å². The minimum atomic E-state index is -2.94. The molecule has 2 aliphatic heterocycles. The zero-order chi connectivity index (χ0) is 49.0. The average Bonchev–Trinajstić information content (AvgIpc) is 3.45. The molecule has 4 aliphatic rings. The van der Waals surface area contributed by atoms with E-state index in [4.69, 9.17) is 42.6 Å². The van der Waals surface area contributed by atoms with E-state index in [0.717, 1.165) is 57.5 Å². The minimum Gasteiger partial charge on any atom is -0.464 e. The summed E-state index contributed by atoms with van der Waals surface area (Å²) in [5, 5.41) is 13.8. The molecule has 0 radical (unpaired) electrons. The molecule has 1 saturated heterocycles. The zero-order valence-electron chi connectivity index (χ0n) is 38.3. The molecule has 6 rings (SSSR count). The van der Waals surface area contributed by atoms with Crippen molar-refractivity contribution >= 4 is 47.8 Å². The lowest BCUT2D eigenvalue weighted by Crippen LogP contribution is -2.89. The Labute approximate surface area is 378 Å². The van der Waals surface area contributed by atoms with Crippen molar-refractivity contribution in [2.75, 3.05) is 13.2 Å². The van der Waals surface area contributed by atoms with E-state index in [9.17, 15) is 48.3 Å². The number of fused-ring (bicyclic) bond motifs is 5. The number of carbonyl (C=O) groups is 8. The van der Waals surface area contributed by atoms with Gasteiger partial charge in [0.2, 0.25) is 5.56 Å². The molecule has 2 aromatic rings. The predicted octanol–water partition coefficient (Wildman–Crippen LogP) is 1.66. The molecule has 13 atom stereocenters. The van der Waals surface area contributed by atoms with E-state index in [2.05, 4.69) is 4.98 Å². The molecule has 4 bridgehead atoms. The van der Waals surface area contributed by atoms with Gasteiger partial charge in [-0.25, -0.2) is 9.59 Å². The lowest BCUT2D eigenvalue weighted by molar-refractivity contribution is -0.386. The van der Waals surface area contributed by atoms with Crippen LogP contribution >= 0.6 is 0 Å². The van der Waals surface area contributed by atoms with E-state index in [-0.39, 0.29) is 16.8 Å². The lowest BCUT2D eigenvalue weighted by atomic mass is 9.45. The molecule has 1 spiro atoms. The molecule has 21 nitrogen and oxygen atoms in total. The monoisotopic (exact) mass is 926 g/mol. The topological polar surface area (TPSA) is 275 Å². The summed E-state index contributed by atoms with van der Waals surface area (Å²) in [6.07, 6.45) is -10.2. The maximum absolute atomic E-state index is 14.7. The summed E-state index contributed by atoms with van der Waals surface area (Å²) < 4.78 is 57.0. The lowest BCUT2D eigenvalue weighted by Gasteiger charge is -2.67. The van der Waals surface area contributed by atoms with Crippen LogP contribution in [0, 0.1) is 23.2 Å². The van der Waals surface area contributed by atoms with Crippen molar-refractivity contribution < 1.29 is 86.1 Å². The number of cyclic esters (lactones) is 1. The first-order valence-electron chi connectivity index (χ1n) is 21.2. The summed E-state index contributed by atoms with van der Waals surface area (Å²) in [7, 11) is 1.35. The number of aromatic nitrogens is 2. The van der Waals surface area contributed by atoms with Crippen LogP contribution in [0.5, 0.6) is 0 Å². The van der Waals surface area contributed by atoms with E-state index >= 15 is 0 Å². The molecular formula is C45H54N2O19. The van der Waals surface area contributed by atoms with Crippen molar-refractivity contribution in [2.45, 2.75) is 129 Å². The van der Waals surface area contributed by atoms with Gasteiger partial charge in [-0.3, -0.25) is 38.5 Å². The Balaban J connectivity index is 1.81. The molecule has 4 heterocycles. The maximum Gasteiger partial charge on any atom is 0.340 e. The molecule has 358 valence electrons. The first-order valence-corrected chi connectivity index (χ1v) is 21.2. The van der Waals surface area contributed by atoms with Gasteiger partial charge in [0.15, 0.2) is 30.0 Å². The molecule has 0 aromatic carbocycles. The van der Waals surface area contributed by atoms with Crippen LogP contribution in [0.25, 0.3) is 0 Å². The number of aryl methyl sites for hydroxylation is 1. The van der Waals surface area contributed by atoms with Gasteiger partial charge in [0, 0.05) is 59.1 Å². The number of carbonyl (C=O) groups excluding carboxylic acids is 8. The van der Waals surface area contributed by atoms with Gasteiger partial charge < -0.3 is 52.3 Å². The maximum atomic E-state index is 14.7. The molecule has 1 N–H and O–H groups in total. The highest BCUT2D eigenvalue weighted by Gasteiger charge is 2.92. The van der Waals surface area contributed by atoms with Crippen molar-refractivity contribution in [1.82, 2.24) is 9.55 Å². The highest BCUT2D eigenvalue weighted by molar-refractivity contribution is 5.91. The number of rotatable bonds is 9. The Hall–Kier alpha value is -6.22. The number of esters is 8. The summed E-state index contributed by atoms with van der Waals surface area (Å²) in [5.74, 6) is -13.1. The van der Waals surface area contributed by atoms with Crippen molar-refractivity contribution in [2.24, 2.45) is 30.2 Å². The summed E-state index contributed by atoms with van der Waals surface area (Å²) in [6, 6.07) is 5.05. The van der Waals surface area contributed by atoms with Crippen LogP contribution in [0.3, 0.4) is 0 Å². The third kappa shape index (κ3) is 8.09. The highest BCUT2D eigenvalue weighted by atomic mass is 16.7. The Morgan fingerprint density at radius 3 is 2.00 bits per heavy atom. The Bertz CT molecular complexity index is 2390. The molecule has 2 aliphatic carbocycles. The minimum absolute atomic E-state index is 0.0728. The molecule has 3 fully saturated rings. The second kappa shape index (κ2) is 17.9. The number of hydrogen-bond acceptors (Lipinski definition) is 20. The van der Waals surface area contributed by atoms with Crippen LogP contribution in [0.15, 0.2) is 41.5 Å². The summed E-state index contributed by atoms with van der Waals surface area (Å²) in [6.45, 7) is 10.4. The molecule has 2 saturated carbocycles. The standard InChI is InChI=1S/C45H54N2O19/c1-20(2)38(53)59-19-44-36(62-25(7)50)32(60-23(5)48)30-34(61-24(6)49)45(44)43(10,57)35(33(37(44)63-26(8)51)64-40(55)27-14-15-29(52)47(11)17-27)65-39(54)22(4)21(3)31-28(13-12-16-46-31)41(56)58-18-42(30,9)66-45/h12-17,20-22,30,32-37,57H,18-19H2,1-11H3. The van der Waals surface area contributed by atoms with Crippen molar-refractivity contribution in [3.63, 3.8) is 0 Å². The van der Waals surface area contributed by atoms with E-state index in [0.29, 0.717) is 0 Å². The Morgan fingerprint density at radius 1 is 0.833 bits per heavy atom. The van der Waals surface area contributed by atoms with Crippen molar-refractivity contribution in [3.8, 4) is 0 Å². The van der Waals surface area contributed by atoms with Gasteiger partial charge in [-0.05, 0) is 32.0 Å². The van der Waals surface area contributed by atoms with E-state index in [1.165, 1.54) is 53.1 Å². The second-order valence-electron chi connectivity index (χ2n) is 18.0. The quantitative estimate of drug-likeness (QED) is 0.277. The van der Waals surface area contributed by atoms with E-state index < -0.39 is 149 Å². The predicted molar refractivity (Wildman–Crippen MR) is 220 cm³/mol. The Morgan fingerprint density at radius 2 is 1.42 bits per heavy atom. The fourth-order valence-electron chi connectivity index (χ4n) is 10.1. The average molecular weight is 927 g/mol. The van der Waals surface area contributed by atoms with Gasteiger partial charge in [0.25, 0.3) is 0 Å². The molecule has 13 unspecified atom stereocenters. The highest BCUT2D eigenvalue weighted by Crippen LogP contribution is 2.70. The van der Waals surface area contributed by atoms with Crippen LogP contribution in [-0.4, -0.2) is 129 Å². The summed E-state index contributed by atoms with van der Waals surface area (Å²) in [5.41, 5.74) is -11.4. The van der Waals surface area contributed by atoms with Crippen molar-refractivity contribution in [1.29, 1.82) is 0 Å². The molecule has 0 amide bonds. The first kappa shape index (κ1) is 49.2. The van der Waals surface area contributed by atoms with Gasteiger partial charge in [0.05, 0.1) is 34.6 Å². The van der Waals surface area contributed by atoms with Crippen LogP contribution in [0.4, 0.5) is 0 Å². The second-order valence-corrected chi connectivity index (χ2v) is 18.0. The molecule has 66 heavy (non-hydrogen) atoms. The Kier molecular flexibility index (Phi) is 13.3. The third-order valence-electron chi connectivity index (χ3n) is 13.1. The van der Waals surface area contributed by atoms with Gasteiger partial charge >= 0.3 is 47.8 Å². The van der Waals surface area contributed by atoms with Crippen LogP contribution < -0.4 is 5.56 Å². The van der Waals surface area contributed by atoms with Crippen LogP contribution in [0.2, 0.25) is 0 Å². The first-order chi connectivity index (χ1) is 30.7. The number of pyridine rings is 2. The van der Waals surface area contributed by atoms with Crippen molar-refractivity contribution in [3.05, 3.63) is 63.8 Å². The van der Waals surface area contributed by atoms with Gasteiger partial charge in [-0.1, -0.05) is 27.7 Å². The summed E-state index contributed by atoms with van der Waals surface area (Å²) >= 11 is 0.